The van der Waals surface area contributed by atoms with Gasteiger partial charge in [0, 0.05) is 6.04 Å². The van der Waals surface area contributed by atoms with Gasteiger partial charge in [0.05, 0.1) is 6.54 Å². The first-order valence-electron chi connectivity index (χ1n) is 7.28. The second-order valence-electron chi connectivity index (χ2n) is 5.98. The van der Waals surface area contributed by atoms with Gasteiger partial charge in [-0.25, -0.2) is 4.79 Å². The molecule has 1 fully saturated rings. The Morgan fingerprint density at radius 3 is 2.90 bits per heavy atom. The van der Waals surface area contributed by atoms with Crippen molar-refractivity contribution in [1.29, 1.82) is 0 Å². The minimum absolute atomic E-state index is 0.181. The molecular weight excluding hydrogens is 272 g/mol. The molecular formula is C15H24N2O2S. The van der Waals surface area contributed by atoms with E-state index in [9.17, 15) is 9.90 Å². The fourth-order valence-electron chi connectivity index (χ4n) is 2.68. The number of hydrogen-bond acceptors (Lipinski definition) is 3. The predicted molar refractivity (Wildman–Crippen MR) is 81.8 cm³/mol. The van der Waals surface area contributed by atoms with Crippen LogP contribution in [0.4, 0.5) is 4.79 Å². The quantitative estimate of drug-likeness (QED) is 0.800. The summed E-state index contributed by atoms with van der Waals surface area (Å²) in [5.74, 6) is 0.534. The molecule has 4 nitrogen and oxygen atoms in total. The lowest BCUT2D eigenvalue weighted by Gasteiger charge is -2.30. The minimum atomic E-state index is -1.02. The maximum absolute atomic E-state index is 11.9. The van der Waals surface area contributed by atoms with Gasteiger partial charge in [-0.15, -0.1) is 0 Å². The molecule has 2 rings (SSSR count). The molecule has 1 saturated carbocycles. The van der Waals surface area contributed by atoms with Crippen LogP contribution in [0.2, 0.25) is 0 Å². The van der Waals surface area contributed by atoms with Crippen LogP contribution in [0.3, 0.4) is 0 Å². The summed E-state index contributed by atoms with van der Waals surface area (Å²) in [6.07, 6.45) is 4.67. The molecule has 3 N–H and O–H groups in total. The first-order chi connectivity index (χ1) is 9.49. The summed E-state index contributed by atoms with van der Waals surface area (Å²) in [5.41, 5.74) is -0.177. The first kappa shape index (κ1) is 15.3. The summed E-state index contributed by atoms with van der Waals surface area (Å²) in [5, 5.41) is 20.0. The highest BCUT2D eigenvalue weighted by Gasteiger charge is 2.26. The van der Waals surface area contributed by atoms with E-state index in [-0.39, 0.29) is 18.6 Å². The number of carbonyl (C=O) groups is 1. The molecule has 0 aromatic carbocycles. The zero-order chi connectivity index (χ0) is 14.6. The lowest BCUT2D eigenvalue weighted by atomic mass is 9.86. The molecule has 0 aliphatic heterocycles. The van der Waals surface area contributed by atoms with E-state index in [4.69, 9.17) is 0 Å². The molecule has 1 aromatic rings. The number of amides is 2. The maximum Gasteiger partial charge on any atom is 0.315 e. The summed E-state index contributed by atoms with van der Waals surface area (Å²) >= 11 is 1.54. The number of rotatable bonds is 4. The predicted octanol–water partition coefficient (Wildman–Crippen LogP) is 2.83. The standard InChI is InChI=1S/C15H24N2O2S/c1-11-5-3-4-6-13(11)17-14(18)16-10-15(2,19)12-7-8-20-9-12/h7-9,11,13,19H,3-6,10H2,1-2H3,(H2,16,17,18). The molecule has 5 heteroatoms. The van der Waals surface area contributed by atoms with Gasteiger partial charge in [0.1, 0.15) is 5.60 Å². The number of carbonyl (C=O) groups excluding carboxylic acids is 1. The summed E-state index contributed by atoms with van der Waals surface area (Å²) in [6.45, 7) is 4.13. The van der Waals surface area contributed by atoms with E-state index in [2.05, 4.69) is 17.6 Å². The van der Waals surface area contributed by atoms with Crippen molar-refractivity contribution in [2.45, 2.75) is 51.2 Å². The second kappa shape index (κ2) is 6.59. The van der Waals surface area contributed by atoms with Crippen molar-refractivity contribution >= 4 is 17.4 Å². The van der Waals surface area contributed by atoms with Gasteiger partial charge in [-0.3, -0.25) is 0 Å². The lowest BCUT2D eigenvalue weighted by molar-refractivity contribution is 0.0595. The van der Waals surface area contributed by atoms with Crippen LogP contribution < -0.4 is 10.6 Å². The first-order valence-corrected chi connectivity index (χ1v) is 8.23. The Kier molecular flexibility index (Phi) is 5.05. The molecule has 1 aliphatic carbocycles. The van der Waals surface area contributed by atoms with Crippen molar-refractivity contribution in [3.63, 3.8) is 0 Å². The van der Waals surface area contributed by atoms with Gasteiger partial charge in [-0.2, -0.15) is 11.3 Å². The van der Waals surface area contributed by atoms with Crippen molar-refractivity contribution in [3.05, 3.63) is 22.4 Å². The highest BCUT2D eigenvalue weighted by molar-refractivity contribution is 7.08. The van der Waals surface area contributed by atoms with Crippen molar-refractivity contribution in [2.75, 3.05) is 6.54 Å². The molecule has 3 unspecified atom stereocenters. The molecule has 20 heavy (non-hydrogen) atoms. The number of aliphatic hydroxyl groups is 1. The highest BCUT2D eigenvalue weighted by atomic mass is 32.1. The molecule has 1 aromatic heterocycles. The van der Waals surface area contributed by atoms with E-state index >= 15 is 0 Å². The summed E-state index contributed by atoms with van der Waals surface area (Å²) in [7, 11) is 0. The molecule has 0 radical (unpaired) electrons. The number of thiophene rings is 1. The van der Waals surface area contributed by atoms with Crippen LogP contribution in [0, 0.1) is 5.92 Å². The van der Waals surface area contributed by atoms with Crippen molar-refractivity contribution < 1.29 is 9.90 Å². The zero-order valence-electron chi connectivity index (χ0n) is 12.2. The topological polar surface area (TPSA) is 61.4 Å². The van der Waals surface area contributed by atoms with Crippen LogP contribution in [0.5, 0.6) is 0 Å². The van der Waals surface area contributed by atoms with Crippen LogP contribution in [0.25, 0.3) is 0 Å². The lowest BCUT2D eigenvalue weighted by Crippen LogP contribution is -2.49. The summed E-state index contributed by atoms with van der Waals surface area (Å²) in [4.78, 5) is 11.9. The largest absolute Gasteiger partial charge is 0.384 e. The van der Waals surface area contributed by atoms with E-state index in [0.717, 1.165) is 12.0 Å². The fraction of sp³-hybridized carbons (Fsp3) is 0.667. The van der Waals surface area contributed by atoms with E-state index in [1.54, 1.807) is 18.3 Å². The average molecular weight is 296 g/mol. The van der Waals surface area contributed by atoms with Gasteiger partial charge in [-0.1, -0.05) is 19.8 Å². The van der Waals surface area contributed by atoms with Crippen LogP contribution in [0.15, 0.2) is 16.8 Å². The van der Waals surface area contributed by atoms with Crippen LogP contribution >= 0.6 is 11.3 Å². The molecule has 2 amide bonds. The van der Waals surface area contributed by atoms with E-state index in [1.165, 1.54) is 19.3 Å². The third-order valence-electron chi connectivity index (χ3n) is 4.16. The number of hydrogen-bond donors (Lipinski definition) is 3. The highest BCUT2D eigenvalue weighted by Crippen LogP contribution is 2.24. The number of nitrogens with one attached hydrogen (secondary N) is 2. The van der Waals surface area contributed by atoms with Gasteiger partial charge < -0.3 is 15.7 Å². The smallest absolute Gasteiger partial charge is 0.315 e. The van der Waals surface area contributed by atoms with Gasteiger partial charge in [0.25, 0.3) is 0 Å². The molecule has 3 atom stereocenters. The normalized spacial score (nSPS) is 25.8. The van der Waals surface area contributed by atoms with Gasteiger partial charge in [-0.05, 0) is 48.1 Å². The van der Waals surface area contributed by atoms with Crippen LogP contribution in [-0.2, 0) is 5.60 Å². The van der Waals surface area contributed by atoms with Crippen molar-refractivity contribution in [1.82, 2.24) is 10.6 Å². The maximum atomic E-state index is 11.9. The SMILES string of the molecule is CC1CCCCC1NC(=O)NCC(C)(O)c1ccsc1. The Bertz CT molecular complexity index is 431. The van der Waals surface area contributed by atoms with Crippen LogP contribution in [0.1, 0.15) is 45.1 Å². The molecule has 0 spiro atoms. The molecule has 1 heterocycles. The fourth-order valence-corrected chi connectivity index (χ4v) is 3.46. The van der Waals surface area contributed by atoms with Crippen molar-refractivity contribution in [2.24, 2.45) is 5.92 Å². The average Bonchev–Trinajstić information content (AvgIpc) is 2.94. The van der Waals surface area contributed by atoms with Crippen LogP contribution in [-0.4, -0.2) is 23.7 Å². The molecule has 1 aliphatic rings. The minimum Gasteiger partial charge on any atom is -0.384 e. The Morgan fingerprint density at radius 2 is 2.25 bits per heavy atom. The Labute approximate surface area is 124 Å². The third-order valence-corrected chi connectivity index (χ3v) is 4.85. The Morgan fingerprint density at radius 1 is 1.50 bits per heavy atom. The Balaban J connectivity index is 1.80. The van der Waals surface area contributed by atoms with Gasteiger partial charge >= 0.3 is 6.03 Å². The molecule has 112 valence electrons. The van der Waals surface area contributed by atoms with E-state index in [1.807, 2.05) is 16.8 Å². The van der Waals surface area contributed by atoms with Crippen molar-refractivity contribution in [3.8, 4) is 0 Å². The van der Waals surface area contributed by atoms with Gasteiger partial charge in [0.15, 0.2) is 0 Å². The zero-order valence-corrected chi connectivity index (χ0v) is 13.0. The monoisotopic (exact) mass is 296 g/mol. The molecule has 0 saturated heterocycles. The summed E-state index contributed by atoms with van der Waals surface area (Å²) < 4.78 is 0. The molecule has 0 bridgehead atoms. The summed E-state index contributed by atoms with van der Waals surface area (Å²) in [6, 6.07) is 1.96. The second-order valence-corrected chi connectivity index (χ2v) is 6.76. The number of urea groups is 1. The third kappa shape index (κ3) is 3.96. The van der Waals surface area contributed by atoms with E-state index < -0.39 is 5.60 Å². The van der Waals surface area contributed by atoms with Gasteiger partial charge in [0.2, 0.25) is 0 Å². The van der Waals surface area contributed by atoms with E-state index in [0.29, 0.717) is 5.92 Å². The Hall–Kier alpha value is -1.07.